The number of fused-ring (bicyclic) bond motifs is 9. The third kappa shape index (κ3) is 4.75. The largest absolute Gasteiger partial charge is 0.324 e. The first-order valence-corrected chi connectivity index (χ1v) is 19.6. The summed E-state index contributed by atoms with van der Waals surface area (Å²) in [5.74, 6) is 1.64. The Morgan fingerprint density at radius 1 is 0.382 bits per heavy atom. The van der Waals surface area contributed by atoms with Gasteiger partial charge in [-0.2, -0.15) is 0 Å². The molecule has 1 N–H and O–H groups in total. The maximum Gasteiger partial charge on any atom is 0.170 e. The molecule has 1 atom stereocenters. The molecule has 0 amide bonds. The summed E-state index contributed by atoms with van der Waals surface area (Å²) in [7, 11) is 0. The number of thiophene rings is 1. The van der Waals surface area contributed by atoms with E-state index in [2.05, 4.69) is 175 Å². The average molecular weight is 718 g/mol. The molecule has 1 aromatic heterocycles. The van der Waals surface area contributed by atoms with Crippen molar-refractivity contribution in [2.24, 2.45) is 9.98 Å². The smallest absolute Gasteiger partial charge is 0.170 e. The van der Waals surface area contributed by atoms with Crippen LogP contribution in [0.15, 0.2) is 186 Å². The quantitative estimate of drug-likeness (QED) is 0.193. The van der Waals surface area contributed by atoms with Gasteiger partial charge in [-0.1, -0.05) is 146 Å². The van der Waals surface area contributed by atoms with Gasteiger partial charge in [0.05, 0.1) is 0 Å². The van der Waals surface area contributed by atoms with Gasteiger partial charge < -0.3 is 5.32 Å². The molecule has 0 saturated heterocycles. The fourth-order valence-corrected chi connectivity index (χ4v) is 9.99. The molecule has 0 saturated carbocycles. The molecule has 1 aliphatic heterocycles. The molecule has 0 spiro atoms. The number of nitrogens with zero attached hydrogens (tertiary/aromatic N) is 2. The molecule has 0 radical (unpaired) electrons. The molecule has 3 nitrogen and oxygen atoms in total. The van der Waals surface area contributed by atoms with Crippen LogP contribution in [0.3, 0.4) is 0 Å². The fourth-order valence-electron chi connectivity index (χ4n) is 8.85. The van der Waals surface area contributed by atoms with Crippen molar-refractivity contribution in [3.8, 4) is 33.4 Å². The SMILES string of the molecule is c1ccc(C2=NC(c3cccc4cc(-c5ccc6sc7cc8c9c(cccc9c7c6c5)-c5ccccc5-8)ccc34)N=C(c3ccc4ccccc4c3)N2)cc1. The highest BCUT2D eigenvalue weighted by Crippen LogP contribution is 2.52. The maximum atomic E-state index is 5.27. The predicted molar refractivity (Wildman–Crippen MR) is 234 cm³/mol. The topological polar surface area (TPSA) is 36.8 Å². The summed E-state index contributed by atoms with van der Waals surface area (Å²) >= 11 is 1.90. The normalized spacial score (nSPS) is 14.7. The highest BCUT2D eigenvalue weighted by molar-refractivity contribution is 7.26. The van der Waals surface area contributed by atoms with Crippen LogP contribution in [0.4, 0.5) is 0 Å². The third-order valence-electron chi connectivity index (χ3n) is 11.4. The number of amidine groups is 2. The van der Waals surface area contributed by atoms with Crippen molar-refractivity contribution in [1.29, 1.82) is 0 Å². The second-order valence-corrected chi connectivity index (χ2v) is 15.6. The molecule has 0 fully saturated rings. The molecule has 10 aromatic rings. The zero-order valence-electron chi connectivity index (χ0n) is 29.6. The second kappa shape index (κ2) is 11.8. The van der Waals surface area contributed by atoms with E-state index in [9.17, 15) is 0 Å². The summed E-state index contributed by atoms with van der Waals surface area (Å²) in [5.41, 5.74) is 10.9. The average Bonchev–Trinajstić information content (AvgIpc) is 3.79. The van der Waals surface area contributed by atoms with Crippen LogP contribution < -0.4 is 5.32 Å². The van der Waals surface area contributed by atoms with Crippen molar-refractivity contribution < 1.29 is 0 Å². The van der Waals surface area contributed by atoms with Crippen LogP contribution in [0.2, 0.25) is 0 Å². The molecule has 12 rings (SSSR count). The molecule has 2 heterocycles. The van der Waals surface area contributed by atoms with Gasteiger partial charge >= 0.3 is 0 Å². The van der Waals surface area contributed by atoms with E-state index in [0.717, 1.165) is 33.7 Å². The lowest BCUT2D eigenvalue weighted by Crippen LogP contribution is -2.36. The second-order valence-electron chi connectivity index (χ2n) is 14.5. The summed E-state index contributed by atoms with van der Waals surface area (Å²) < 4.78 is 2.66. The number of nitrogens with one attached hydrogen (secondary N) is 1. The Kier molecular flexibility index (Phi) is 6.56. The van der Waals surface area contributed by atoms with Gasteiger partial charge in [0.25, 0.3) is 0 Å². The van der Waals surface area contributed by atoms with Gasteiger partial charge in [-0.3, -0.25) is 0 Å². The number of rotatable bonds is 4. The van der Waals surface area contributed by atoms with E-state index in [1.54, 1.807) is 0 Å². The summed E-state index contributed by atoms with van der Waals surface area (Å²) in [4.78, 5) is 10.5. The number of aliphatic imine (C=N–C) groups is 2. The Morgan fingerprint density at radius 3 is 1.95 bits per heavy atom. The van der Waals surface area contributed by atoms with Gasteiger partial charge in [-0.15, -0.1) is 11.3 Å². The van der Waals surface area contributed by atoms with Crippen LogP contribution in [-0.2, 0) is 0 Å². The highest BCUT2D eigenvalue weighted by Gasteiger charge is 2.25. The van der Waals surface area contributed by atoms with Crippen molar-refractivity contribution in [2.75, 3.05) is 0 Å². The Bertz CT molecular complexity index is 3300. The van der Waals surface area contributed by atoms with Crippen molar-refractivity contribution in [2.45, 2.75) is 6.17 Å². The molecular weight excluding hydrogens is 687 g/mol. The van der Waals surface area contributed by atoms with Gasteiger partial charge in [-0.05, 0) is 96.0 Å². The molecule has 1 unspecified atom stereocenters. The van der Waals surface area contributed by atoms with Crippen molar-refractivity contribution in [1.82, 2.24) is 5.32 Å². The first kappa shape index (κ1) is 30.6. The molecule has 4 heteroatoms. The van der Waals surface area contributed by atoms with Crippen molar-refractivity contribution >= 4 is 75.5 Å². The van der Waals surface area contributed by atoms with Crippen LogP contribution in [0.5, 0.6) is 0 Å². The zero-order valence-corrected chi connectivity index (χ0v) is 30.4. The van der Waals surface area contributed by atoms with Crippen LogP contribution in [0, 0.1) is 0 Å². The minimum atomic E-state index is -0.405. The first-order chi connectivity index (χ1) is 27.2. The number of hydrogen-bond acceptors (Lipinski definition) is 4. The van der Waals surface area contributed by atoms with Crippen LogP contribution in [-0.4, -0.2) is 11.7 Å². The van der Waals surface area contributed by atoms with Crippen LogP contribution >= 0.6 is 11.3 Å². The van der Waals surface area contributed by atoms with E-state index >= 15 is 0 Å². The van der Waals surface area contributed by atoms with Crippen LogP contribution in [0.25, 0.3) is 85.9 Å². The van der Waals surface area contributed by atoms with Gasteiger partial charge in [0.2, 0.25) is 0 Å². The van der Waals surface area contributed by atoms with E-state index in [1.165, 1.54) is 80.5 Å². The van der Waals surface area contributed by atoms with E-state index < -0.39 is 6.17 Å². The molecule has 55 heavy (non-hydrogen) atoms. The maximum absolute atomic E-state index is 5.27. The van der Waals surface area contributed by atoms with E-state index in [1.807, 2.05) is 17.4 Å². The lowest BCUT2D eigenvalue weighted by atomic mass is 9.95. The van der Waals surface area contributed by atoms with Crippen molar-refractivity contribution in [3.63, 3.8) is 0 Å². The zero-order chi connectivity index (χ0) is 36.0. The lowest BCUT2D eigenvalue weighted by molar-refractivity contribution is 0.762. The van der Waals surface area contributed by atoms with Gasteiger partial charge in [-0.25, -0.2) is 9.98 Å². The van der Waals surface area contributed by atoms with Gasteiger partial charge in [0, 0.05) is 36.9 Å². The molecule has 256 valence electrons. The lowest BCUT2D eigenvalue weighted by Gasteiger charge is -2.23. The van der Waals surface area contributed by atoms with Gasteiger partial charge in [0.1, 0.15) is 11.7 Å². The standard InChI is InChI=1S/C51H31N3S/c1-2-11-31(12-3-1)49-52-50(36-21-20-30-10-4-5-13-32(30)27-36)54-51(53-49)41-18-8-14-35-26-33(22-24-37(35)41)34-23-25-45-44(28-34)48-42-19-9-17-40-38-15-6-7-16-39(38)43(47(40)42)29-46(48)55-45/h1-29,51H,(H,52,53,54). The monoisotopic (exact) mass is 717 g/mol. The number of benzene rings is 9. The summed E-state index contributed by atoms with van der Waals surface area (Å²) in [6.07, 6.45) is -0.405. The minimum Gasteiger partial charge on any atom is -0.324 e. The molecule has 2 aliphatic rings. The van der Waals surface area contributed by atoms with E-state index in [0.29, 0.717) is 0 Å². The van der Waals surface area contributed by atoms with E-state index in [4.69, 9.17) is 9.98 Å². The molecule has 9 aromatic carbocycles. The summed E-state index contributed by atoms with van der Waals surface area (Å²) in [5, 5.41) is 13.7. The summed E-state index contributed by atoms with van der Waals surface area (Å²) in [6, 6.07) is 63.8. The third-order valence-corrected chi connectivity index (χ3v) is 12.6. The Morgan fingerprint density at radius 2 is 1.05 bits per heavy atom. The summed E-state index contributed by atoms with van der Waals surface area (Å²) in [6.45, 7) is 0. The van der Waals surface area contributed by atoms with Crippen molar-refractivity contribution in [3.05, 3.63) is 193 Å². The van der Waals surface area contributed by atoms with E-state index in [-0.39, 0.29) is 0 Å². The molecule has 1 aliphatic carbocycles. The molecular formula is C51H31N3S. The Balaban J connectivity index is 0.974. The van der Waals surface area contributed by atoms with Gasteiger partial charge in [0.15, 0.2) is 6.17 Å². The Hall–Kier alpha value is -6.88. The number of hydrogen-bond donors (Lipinski definition) is 1. The predicted octanol–water partition coefficient (Wildman–Crippen LogP) is 13.3. The Labute approximate surface area is 321 Å². The minimum absolute atomic E-state index is 0.405. The fraction of sp³-hybridized carbons (Fsp3) is 0.0196. The first-order valence-electron chi connectivity index (χ1n) is 18.8. The van der Waals surface area contributed by atoms with Crippen LogP contribution in [0.1, 0.15) is 22.9 Å². The molecule has 0 bridgehead atoms. The highest BCUT2D eigenvalue weighted by atomic mass is 32.1.